The van der Waals surface area contributed by atoms with E-state index in [9.17, 15) is 4.39 Å². The molecule has 0 aliphatic carbocycles. The highest BCUT2D eigenvalue weighted by molar-refractivity contribution is 6.31. The molecule has 2 aromatic rings. The van der Waals surface area contributed by atoms with Crippen LogP contribution < -0.4 is 11.1 Å². The number of benzene rings is 1. The Hall–Kier alpha value is -2.35. The molecule has 140 valence electrons. The Morgan fingerprint density at radius 1 is 1.42 bits per heavy atom. The maximum atomic E-state index is 15.1. The molecule has 3 rings (SSSR count). The Bertz CT molecular complexity index is 867. The van der Waals surface area contributed by atoms with Gasteiger partial charge in [-0.3, -0.25) is 4.68 Å². The van der Waals surface area contributed by atoms with Gasteiger partial charge in [0.25, 0.3) is 6.02 Å². The molecular formula is C17H20ClF2N5O. The summed E-state index contributed by atoms with van der Waals surface area (Å²) in [6, 6.07) is 4.17. The molecule has 0 spiro atoms. The molecule has 1 aliphatic heterocycles. The van der Waals surface area contributed by atoms with Crippen molar-refractivity contribution < 1.29 is 13.5 Å². The van der Waals surface area contributed by atoms with Gasteiger partial charge in [0.1, 0.15) is 23.7 Å². The summed E-state index contributed by atoms with van der Waals surface area (Å²) in [6.45, 7) is 2.85. The lowest BCUT2D eigenvalue weighted by Gasteiger charge is -2.40. The van der Waals surface area contributed by atoms with Crippen LogP contribution in [-0.4, -0.2) is 28.1 Å². The third-order valence-corrected chi connectivity index (χ3v) is 4.96. The number of amidine groups is 1. The van der Waals surface area contributed by atoms with Gasteiger partial charge in [-0.05, 0) is 32.0 Å². The minimum atomic E-state index is -1.93. The zero-order valence-corrected chi connectivity index (χ0v) is 15.4. The van der Waals surface area contributed by atoms with Gasteiger partial charge in [-0.1, -0.05) is 11.6 Å². The molecule has 1 aromatic carbocycles. The number of halogens is 3. The number of ether oxygens (including phenoxy) is 1. The predicted molar refractivity (Wildman–Crippen MR) is 96.4 cm³/mol. The summed E-state index contributed by atoms with van der Waals surface area (Å²) in [5, 5.41) is 7.87. The number of aromatic nitrogens is 2. The van der Waals surface area contributed by atoms with Gasteiger partial charge < -0.3 is 15.8 Å². The lowest BCUT2D eigenvalue weighted by atomic mass is 9.78. The Morgan fingerprint density at radius 2 is 2.15 bits per heavy atom. The van der Waals surface area contributed by atoms with Gasteiger partial charge >= 0.3 is 0 Å². The number of aryl methyl sites for hydroxylation is 1. The fourth-order valence-corrected chi connectivity index (χ4v) is 3.13. The van der Waals surface area contributed by atoms with Crippen LogP contribution in [0.15, 0.2) is 29.4 Å². The van der Waals surface area contributed by atoms with E-state index in [1.165, 1.54) is 26.0 Å². The highest BCUT2D eigenvalue weighted by Gasteiger charge is 2.51. The van der Waals surface area contributed by atoms with Gasteiger partial charge in [0.15, 0.2) is 5.67 Å². The molecular weight excluding hydrogens is 364 g/mol. The van der Waals surface area contributed by atoms with Crippen molar-refractivity contribution in [3.05, 3.63) is 46.5 Å². The molecule has 1 aliphatic rings. The number of aliphatic imine (C=N–C) groups is 1. The molecule has 6 nitrogen and oxygen atoms in total. The van der Waals surface area contributed by atoms with Crippen LogP contribution in [0.3, 0.4) is 0 Å². The van der Waals surface area contributed by atoms with Crippen molar-refractivity contribution in [1.82, 2.24) is 9.78 Å². The Balaban J connectivity index is 1.92. The van der Waals surface area contributed by atoms with Crippen LogP contribution in [-0.2, 0) is 23.9 Å². The molecule has 1 aromatic heterocycles. The first-order valence-electron chi connectivity index (χ1n) is 8.01. The minimum absolute atomic E-state index is 0.0888. The molecule has 0 saturated heterocycles. The summed E-state index contributed by atoms with van der Waals surface area (Å²) in [7, 11) is 1.77. The second-order valence-corrected chi connectivity index (χ2v) is 7.06. The van der Waals surface area contributed by atoms with E-state index in [0.717, 1.165) is 0 Å². The summed E-state index contributed by atoms with van der Waals surface area (Å²) >= 11 is 6.09. The molecule has 26 heavy (non-hydrogen) atoms. The number of hydrogen-bond donors (Lipinski definition) is 2. The van der Waals surface area contributed by atoms with E-state index in [1.54, 1.807) is 24.0 Å². The van der Waals surface area contributed by atoms with Crippen molar-refractivity contribution in [3.63, 3.8) is 0 Å². The normalized spacial score (nSPS) is 25.5. The van der Waals surface area contributed by atoms with Crippen molar-refractivity contribution in [2.24, 2.45) is 17.8 Å². The van der Waals surface area contributed by atoms with E-state index in [4.69, 9.17) is 22.1 Å². The molecule has 0 radical (unpaired) electrons. The molecule has 0 fully saturated rings. The minimum Gasteiger partial charge on any atom is -0.462 e. The first-order chi connectivity index (χ1) is 12.1. The maximum absolute atomic E-state index is 15.1. The first kappa shape index (κ1) is 18.4. The van der Waals surface area contributed by atoms with E-state index < -0.39 is 17.0 Å². The predicted octanol–water partition coefficient (Wildman–Crippen LogP) is 3.11. The number of alkyl halides is 1. The van der Waals surface area contributed by atoms with E-state index in [1.807, 2.05) is 0 Å². The van der Waals surface area contributed by atoms with Crippen molar-refractivity contribution in [3.8, 4) is 0 Å². The fourth-order valence-electron chi connectivity index (χ4n) is 2.88. The molecule has 3 N–H and O–H groups in total. The Labute approximate surface area is 155 Å². The van der Waals surface area contributed by atoms with Crippen molar-refractivity contribution in [1.29, 1.82) is 0 Å². The van der Waals surface area contributed by atoms with Crippen LogP contribution in [0, 0.1) is 5.82 Å². The number of hydrogen-bond acceptors (Lipinski definition) is 5. The second kappa shape index (κ2) is 6.42. The van der Waals surface area contributed by atoms with Crippen LogP contribution >= 0.6 is 11.6 Å². The highest BCUT2D eigenvalue weighted by atomic mass is 35.5. The zero-order chi connectivity index (χ0) is 19.1. The fraction of sp³-hybridized carbons (Fsp3) is 0.412. The number of nitrogens with one attached hydrogen (secondary N) is 1. The lowest BCUT2D eigenvalue weighted by Crippen LogP contribution is -2.52. The van der Waals surface area contributed by atoms with Crippen LogP contribution in [0.1, 0.15) is 25.1 Å². The Morgan fingerprint density at radius 3 is 2.81 bits per heavy atom. The molecule has 0 unspecified atom stereocenters. The largest absolute Gasteiger partial charge is 0.462 e. The van der Waals surface area contributed by atoms with E-state index >= 15 is 4.39 Å². The van der Waals surface area contributed by atoms with Gasteiger partial charge in [-0.25, -0.2) is 13.8 Å². The summed E-state index contributed by atoms with van der Waals surface area (Å²) in [5.74, 6) is -0.573. The summed E-state index contributed by atoms with van der Waals surface area (Å²) in [6.07, 6.45) is 1.68. The molecule has 0 bridgehead atoms. The average molecular weight is 384 g/mol. The third-order valence-electron chi connectivity index (χ3n) is 4.65. The molecule has 0 amide bonds. The van der Waals surface area contributed by atoms with Crippen LogP contribution in [0.2, 0.25) is 5.02 Å². The van der Waals surface area contributed by atoms with Gasteiger partial charge in [0.2, 0.25) is 0 Å². The number of anilines is 1. The van der Waals surface area contributed by atoms with Gasteiger partial charge in [0, 0.05) is 24.5 Å². The summed E-state index contributed by atoms with van der Waals surface area (Å²) in [5.41, 5.74) is 3.48. The first-order valence-corrected chi connectivity index (χ1v) is 8.39. The van der Waals surface area contributed by atoms with E-state index in [2.05, 4.69) is 15.4 Å². The lowest BCUT2D eigenvalue weighted by molar-refractivity contribution is 0.00403. The topological polar surface area (TPSA) is 77.5 Å². The zero-order valence-electron chi connectivity index (χ0n) is 14.7. The summed E-state index contributed by atoms with van der Waals surface area (Å²) < 4.78 is 36.2. The van der Waals surface area contributed by atoms with Crippen LogP contribution in [0.25, 0.3) is 0 Å². The summed E-state index contributed by atoms with van der Waals surface area (Å²) in [4.78, 5) is 4.07. The van der Waals surface area contributed by atoms with Gasteiger partial charge in [0.05, 0.1) is 11.6 Å². The van der Waals surface area contributed by atoms with E-state index in [0.29, 0.717) is 22.9 Å². The number of nitrogens with zero attached hydrogens (tertiary/aromatic N) is 3. The van der Waals surface area contributed by atoms with Crippen molar-refractivity contribution >= 4 is 23.3 Å². The second-order valence-electron chi connectivity index (χ2n) is 6.65. The maximum Gasteiger partial charge on any atom is 0.283 e. The quantitative estimate of drug-likeness (QED) is 0.850. The van der Waals surface area contributed by atoms with E-state index in [-0.39, 0.29) is 18.2 Å². The monoisotopic (exact) mass is 383 g/mol. The standard InChI is InChI=1S/C17H20ClF2N5O/c1-16(20)9-26-15(21)23-17(16,2)11-6-10(4-5-13(11)19)22-7-14-12(18)8-25(3)24-14/h4-6,8,22H,7,9H2,1-3H3,(H2,21,23)/t16-,17+/m0/s1. The van der Waals surface area contributed by atoms with Crippen LogP contribution in [0.4, 0.5) is 14.5 Å². The smallest absolute Gasteiger partial charge is 0.283 e. The third kappa shape index (κ3) is 3.21. The van der Waals surface area contributed by atoms with Gasteiger partial charge in [-0.15, -0.1) is 0 Å². The molecule has 2 heterocycles. The SMILES string of the molecule is Cn1cc(Cl)c(CNc2ccc(F)c([C@@]3(C)N=C(N)OC[C@]3(C)F)c2)n1. The van der Waals surface area contributed by atoms with Crippen molar-refractivity contribution in [2.45, 2.75) is 31.6 Å². The van der Waals surface area contributed by atoms with Gasteiger partial charge in [-0.2, -0.15) is 5.10 Å². The van der Waals surface area contributed by atoms with Crippen LogP contribution in [0.5, 0.6) is 0 Å². The molecule has 9 heteroatoms. The average Bonchev–Trinajstić information content (AvgIpc) is 2.88. The number of nitrogens with two attached hydrogens (primary N) is 1. The highest BCUT2D eigenvalue weighted by Crippen LogP contribution is 2.43. The Kier molecular flexibility index (Phi) is 4.56. The molecule has 0 saturated carbocycles. The number of rotatable bonds is 4. The van der Waals surface area contributed by atoms with Crippen molar-refractivity contribution in [2.75, 3.05) is 11.9 Å². The molecule has 2 atom stereocenters.